The predicted molar refractivity (Wildman–Crippen MR) is 92.3 cm³/mol. The van der Waals surface area contributed by atoms with Gasteiger partial charge >= 0.3 is 0 Å². The predicted octanol–water partition coefficient (Wildman–Crippen LogP) is 5.06. The average molecular weight is 320 g/mol. The summed E-state index contributed by atoms with van der Waals surface area (Å²) in [4.78, 5) is 0. The van der Waals surface area contributed by atoms with Crippen molar-refractivity contribution >= 4 is 17.3 Å². The first-order chi connectivity index (χ1) is 10.7. The minimum absolute atomic E-state index is 0.690. The number of hydrogen-bond acceptors (Lipinski definition) is 3. The van der Waals surface area contributed by atoms with E-state index in [0.717, 1.165) is 39.8 Å². The fourth-order valence-electron chi connectivity index (χ4n) is 2.15. The Labute approximate surface area is 137 Å². The van der Waals surface area contributed by atoms with Crippen LogP contribution in [0.4, 0.5) is 5.69 Å². The van der Waals surface area contributed by atoms with Gasteiger partial charge in [0.1, 0.15) is 0 Å². The molecule has 0 aliphatic heterocycles. The van der Waals surface area contributed by atoms with E-state index in [1.54, 1.807) is 7.11 Å². The minimum Gasteiger partial charge on any atom is -0.493 e. The van der Waals surface area contributed by atoms with Crippen molar-refractivity contribution in [2.45, 2.75) is 26.8 Å². The Kier molecular flexibility index (Phi) is 5.96. The standard InChI is InChI=1S/C18H22ClNO2/c1-4-10-22-17-9-8-14(11-18(17)21-3)12-20-16-7-5-6-15(19)13(16)2/h5-9,11,20H,4,10,12H2,1-3H3. The number of rotatable bonds is 7. The van der Waals surface area contributed by atoms with Crippen LogP contribution in [-0.2, 0) is 6.54 Å². The van der Waals surface area contributed by atoms with Crippen LogP contribution in [0.15, 0.2) is 36.4 Å². The minimum atomic E-state index is 0.690. The van der Waals surface area contributed by atoms with Crippen LogP contribution in [0, 0.1) is 6.92 Å². The fraction of sp³-hybridized carbons (Fsp3) is 0.333. The van der Waals surface area contributed by atoms with Gasteiger partial charge in [0.25, 0.3) is 0 Å². The number of ether oxygens (including phenoxy) is 2. The highest BCUT2D eigenvalue weighted by Gasteiger charge is 2.06. The molecule has 0 saturated heterocycles. The fourth-order valence-corrected chi connectivity index (χ4v) is 2.32. The third kappa shape index (κ3) is 4.08. The van der Waals surface area contributed by atoms with E-state index >= 15 is 0 Å². The Bertz CT molecular complexity index is 628. The van der Waals surface area contributed by atoms with Gasteiger partial charge in [-0.25, -0.2) is 0 Å². The Morgan fingerprint density at radius 3 is 2.68 bits per heavy atom. The smallest absolute Gasteiger partial charge is 0.161 e. The number of halogens is 1. The second-order valence-electron chi connectivity index (χ2n) is 5.10. The zero-order chi connectivity index (χ0) is 15.9. The average Bonchev–Trinajstić information content (AvgIpc) is 2.54. The van der Waals surface area contributed by atoms with E-state index in [4.69, 9.17) is 21.1 Å². The van der Waals surface area contributed by atoms with Crippen LogP contribution in [0.5, 0.6) is 11.5 Å². The van der Waals surface area contributed by atoms with Gasteiger partial charge in [0.05, 0.1) is 13.7 Å². The molecule has 0 bridgehead atoms. The van der Waals surface area contributed by atoms with E-state index in [-0.39, 0.29) is 0 Å². The second-order valence-corrected chi connectivity index (χ2v) is 5.51. The lowest BCUT2D eigenvalue weighted by atomic mass is 10.1. The molecule has 1 N–H and O–H groups in total. The van der Waals surface area contributed by atoms with Gasteiger partial charge in [0.15, 0.2) is 11.5 Å². The number of anilines is 1. The number of nitrogens with one attached hydrogen (secondary N) is 1. The van der Waals surface area contributed by atoms with Crippen LogP contribution in [0.25, 0.3) is 0 Å². The molecule has 0 amide bonds. The van der Waals surface area contributed by atoms with Gasteiger partial charge in [-0.05, 0) is 48.7 Å². The van der Waals surface area contributed by atoms with Gasteiger partial charge < -0.3 is 14.8 Å². The van der Waals surface area contributed by atoms with E-state index in [2.05, 4.69) is 12.2 Å². The zero-order valence-electron chi connectivity index (χ0n) is 13.3. The molecule has 0 radical (unpaired) electrons. The lowest BCUT2D eigenvalue weighted by Gasteiger charge is -2.14. The van der Waals surface area contributed by atoms with Crippen molar-refractivity contribution in [2.75, 3.05) is 19.0 Å². The molecule has 0 aromatic heterocycles. The van der Waals surface area contributed by atoms with Crippen LogP contribution >= 0.6 is 11.6 Å². The molecule has 0 heterocycles. The molecule has 2 aromatic carbocycles. The van der Waals surface area contributed by atoms with Gasteiger partial charge in [-0.15, -0.1) is 0 Å². The Morgan fingerprint density at radius 1 is 1.14 bits per heavy atom. The molecule has 22 heavy (non-hydrogen) atoms. The van der Waals surface area contributed by atoms with Gasteiger partial charge in [-0.3, -0.25) is 0 Å². The van der Waals surface area contributed by atoms with Crippen LogP contribution in [0.3, 0.4) is 0 Å². The first-order valence-corrected chi connectivity index (χ1v) is 7.82. The Morgan fingerprint density at radius 2 is 1.95 bits per heavy atom. The largest absolute Gasteiger partial charge is 0.493 e. The SMILES string of the molecule is CCCOc1ccc(CNc2cccc(Cl)c2C)cc1OC. The number of benzene rings is 2. The van der Waals surface area contributed by atoms with Crippen LogP contribution in [0.1, 0.15) is 24.5 Å². The summed E-state index contributed by atoms with van der Waals surface area (Å²) in [6.07, 6.45) is 0.973. The third-order valence-electron chi connectivity index (χ3n) is 3.44. The van der Waals surface area contributed by atoms with E-state index in [0.29, 0.717) is 13.2 Å². The van der Waals surface area contributed by atoms with Crippen LogP contribution in [-0.4, -0.2) is 13.7 Å². The third-order valence-corrected chi connectivity index (χ3v) is 3.85. The van der Waals surface area contributed by atoms with Crippen molar-refractivity contribution in [1.82, 2.24) is 0 Å². The molecule has 2 aromatic rings. The van der Waals surface area contributed by atoms with E-state index in [1.165, 1.54) is 0 Å². The Balaban J connectivity index is 2.08. The maximum Gasteiger partial charge on any atom is 0.161 e. The summed E-state index contributed by atoms with van der Waals surface area (Å²) in [5, 5.41) is 4.17. The molecule has 3 nitrogen and oxygen atoms in total. The van der Waals surface area contributed by atoms with Gasteiger partial charge in [-0.2, -0.15) is 0 Å². The number of methoxy groups -OCH3 is 1. The van der Waals surface area contributed by atoms with E-state index in [1.807, 2.05) is 43.3 Å². The molecule has 0 aliphatic rings. The maximum absolute atomic E-state index is 6.14. The molecule has 0 atom stereocenters. The molecule has 0 saturated carbocycles. The molecular weight excluding hydrogens is 298 g/mol. The van der Waals surface area contributed by atoms with Crippen molar-refractivity contribution in [3.8, 4) is 11.5 Å². The quantitative estimate of drug-likeness (QED) is 0.774. The van der Waals surface area contributed by atoms with Crippen molar-refractivity contribution in [3.05, 3.63) is 52.5 Å². The highest BCUT2D eigenvalue weighted by atomic mass is 35.5. The summed E-state index contributed by atoms with van der Waals surface area (Å²) in [6.45, 7) is 5.48. The molecular formula is C18H22ClNO2. The molecule has 0 fully saturated rings. The van der Waals surface area contributed by atoms with Gasteiger partial charge in [0, 0.05) is 17.3 Å². The summed E-state index contributed by atoms with van der Waals surface area (Å²) >= 11 is 6.14. The van der Waals surface area contributed by atoms with Gasteiger partial charge in [-0.1, -0.05) is 30.7 Å². The maximum atomic E-state index is 6.14. The van der Waals surface area contributed by atoms with Crippen molar-refractivity contribution in [3.63, 3.8) is 0 Å². The molecule has 2 rings (SSSR count). The highest BCUT2D eigenvalue weighted by Crippen LogP contribution is 2.29. The summed E-state index contributed by atoms with van der Waals surface area (Å²) in [5.41, 5.74) is 3.22. The summed E-state index contributed by atoms with van der Waals surface area (Å²) in [7, 11) is 1.66. The lowest BCUT2D eigenvalue weighted by molar-refractivity contribution is 0.294. The van der Waals surface area contributed by atoms with E-state index in [9.17, 15) is 0 Å². The zero-order valence-corrected chi connectivity index (χ0v) is 14.0. The monoisotopic (exact) mass is 319 g/mol. The first-order valence-electron chi connectivity index (χ1n) is 7.44. The molecule has 0 spiro atoms. The summed E-state index contributed by atoms with van der Waals surface area (Å²) in [6, 6.07) is 11.9. The Hall–Kier alpha value is -1.87. The van der Waals surface area contributed by atoms with Crippen LogP contribution in [0.2, 0.25) is 5.02 Å². The molecule has 0 aliphatic carbocycles. The topological polar surface area (TPSA) is 30.5 Å². The lowest BCUT2D eigenvalue weighted by Crippen LogP contribution is -2.03. The van der Waals surface area contributed by atoms with Crippen LogP contribution < -0.4 is 14.8 Å². The summed E-state index contributed by atoms with van der Waals surface area (Å²) < 4.78 is 11.1. The normalized spacial score (nSPS) is 10.4. The molecule has 118 valence electrons. The van der Waals surface area contributed by atoms with Crippen molar-refractivity contribution < 1.29 is 9.47 Å². The number of hydrogen-bond donors (Lipinski definition) is 1. The van der Waals surface area contributed by atoms with E-state index < -0.39 is 0 Å². The van der Waals surface area contributed by atoms with Crippen molar-refractivity contribution in [2.24, 2.45) is 0 Å². The first kappa shape index (κ1) is 16.5. The molecule has 4 heteroatoms. The van der Waals surface area contributed by atoms with Crippen molar-refractivity contribution in [1.29, 1.82) is 0 Å². The summed E-state index contributed by atoms with van der Waals surface area (Å²) in [5.74, 6) is 1.54. The van der Waals surface area contributed by atoms with Gasteiger partial charge in [0.2, 0.25) is 0 Å². The molecule has 0 unspecified atom stereocenters. The highest BCUT2D eigenvalue weighted by molar-refractivity contribution is 6.31. The second kappa shape index (κ2) is 7.95.